The first-order chi connectivity index (χ1) is 20.9. The number of carbonyl (C=O) groups is 1. The Morgan fingerprint density at radius 1 is 1.09 bits per heavy atom. The Labute approximate surface area is 285 Å². The highest BCUT2D eigenvalue weighted by Crippen LogP contribution is 2.46. The van der Waals surface area contributed by atoms with Crippen molar-refractivity contribution in [2.24, 2.45) is 16.3 Å². The fourth-order valence-corrected chi connectivity index (χ4v) is 7.67. The molecule has 1 amide bonds. The SMILES string of the molecule is COc1cc(C=Nc2sc3c(c2C(=O)Nc2ccc(Cl)cc2)CC[C@H](C(C)(C)C)C3)cc(Br)c1OCc1ccc(Cl)cc1Cl. The van der Waals surface area contributed by atoms with Crippen LogP contribution in [0.25, 0.3) is 0 Å². The molecule has 4 aromatic rings. The van der Waals surface area contributed by atoms with Crippen LogP contribution in [-0.4, -0.2) is 19.2 Å². The molecule has 230 valence electrons. The van der Waals surface area contributed by atoms with Gasteiger partial charge in [-0.05, 0) is 106 Å². The van der Waals surface area contributed by atoms with E-state index in [-0.39, 0.29) is 17.9 Å². The number of benzene rings is 3. The van der Waals surface area contributed by atoms with Gasteiger partial charge in [0.25, 0.3) is 5.91 Å². The topological polar surface area (TPSA) is 59.9 Å². The van der Waals surface area contributed by atoms with Crippen molar-refractivity contribution in [1.82, 2.24) is 0 Å². The fraction of sp³-hybridized carbons (Fsp3) is 0.294. The van der Waals surface area contributed by atoms with E-state index in [4.69, 9.17) is 49.3 Å². The van der Waals surface area contributed by atoms with Crippen LogP contribution in [-0.2, 0) is 19.4 Å². The van der Waals surface area contributed by atoms with Crippen molar-refractivity contribution < 1.29 is 14.3 Å². The van der Waals surface area contributed by atoms with Crippen LogP contribution in [0.5, 0.6) is 11.5 Å². The molecule has 1 aromatic heterocycles. The third-order valence-electron chi connectivity index (χ3n) is 7.77. The van der Waals surface area contributed by atoms with Crippen LogP contribution < -0.4 is 14.8 Å². The van der Waals surface area contributed by atoms with Crippen LogP contribution in [0.3, 0.4) is 0 Å². The lowest BCUT2D eigenvalue weighted by atomic mass is 9.72. The Balaban J connectivity index is 1.44. The van der Waals surface area contributed by atoms with Gasteiger partial charge in [-0.25, -0.2) is 4.99 Å². The summed E-state index contributed by atoms with van der Waals surface area (Å²) in [6.07, 6.45) is 4.56. The summed E-state index contributed by atoms with van der Waals surface area (Å²) in [6, 6.07) is 16.2. The summed E-state index contributed by atoms with van der Waals surface area (Å²) >= 11 is 23.6. The van der Waals surface area contributed by atoms with Crippen LogP contribution in [0.4, 0.5) is 10.7 Å². The second kappa shape index (κ2) is 13.8. The first kappa shape index (κ1) is 32.8. The Morgan fingerprint density at radius 2 is 1.82 bits per heavy atom. The van der Waals surface area contributed by atoms with Crippen molar-refractivity contribution in [3.63, 3.8) is 0 Å². The zero-order valence-electron chi connectivity index (χ0n) is 24.8. The van der Waals surface area contributed by atoms with Crippen LogP contribution in [0, 0.1) is 11.3 Å². The molecular formula is C34H32BrCl3N2O3S. The number of anilines is 1. The molecule has 0 saturated heterocycles. The number of ether oxygens (including phenoxy) is 2. The van der Waals surface area contributed by atoms with Crippen LogP contribution >= 0.6 is 62.1 Å². The van der Waals surface area contributed by atoms with Gasteiger partial charge in [-0.15, -0.1) is 11.3 Å². The summed E-state index contributed by atoms with van der Waals surface area (Å²) in [5.74, 6) is 1.44. The van der Waals surface area contributed by atoms with Crippen LogP contribution in [0.1, 0.15) is 59.1 Å². The second-order valence-corrected chi connectivity index (χ2v) is 15.0. The smallest absolute Gasteiger partial charge is 0.259 e. The number of thiophene rings is 1. The van der Waals surface area contributed by atoms with Gasteiger partial charge in [-0.2, -0.15) is 0 Å². The minimum absolute atomic E-state index is 0.172. The maximum Gasteiger partial charge on any atom is 0.259 e. The molecule has 0 fully saturated rings. The van der Waals surface area contributed by atoms with Crippen molar-refractivity contribution in [3.05, 3.63) is 101 Å². The number of nitrogens with one attached hydrogen (secondary N) is 1. The van der Waals surface area contributed by atoms with E-state index in [0.29, 0.717) is 53.2 Å². The summed E-state index contributed by atoms with van der Waals surface area (Å²) in [6.45, 7) is 7.09. The molecule has 1 heterocycles. The zero-order valence-corrected chi connectivity index (χ0v) is 29.4. The standard InChI is InChI=1S/C34H32BrCl3N2O3S/c1-34(2,3)21-6-12-25-29(15-21)44-33(30(25)32(41)40-24-10-8-22(36)9-11-24)39-17-19-13-26(35)31(28(14-19)42-4)43-18-20-5-7-23(37)16-27(20)38/h5,7-11,13-14,16-17,21H,6,12,15,18H2,1-4H3,(H,40,41)/t21-/m0/s1. The van der Waals surface area contributed by atoms with Gasteiger partial charge >= 0.3 is 0 Å². The molecule has 3 aromatic carbocycles. The molecule has 10 heteroatoms. The maximum atomic E-state index is 13.7. The molecule has 0 saturated carbocycles. The largest absolute Gasteiger partial charge is 0.493 e. The van der Waals surface area contributed by atoms with Gasteiger partial charge < -0.3 is 14.8 Å². The summed E-state index contributed by atoms with van der Waals surface area (Å²) in [7, 11) is 1.59. The lowest BCUT2D eigenvalue weighted by Crippen LogP contribution is -2.27. The number of halogens is 4. The highest BCUT2D eigenvalue weighted by atomic mass is 79.9. The van der Waals surface area contributed by atoms with E-state index in [1.165, 1.54) is 4.88 Å². The number of rotatable bonds is 8. The van der Waals surface area contributed by atoms with E-state index >= 15 is 0 Å². The molecule has 1 aliphatic carbocycles. The third kappa shape index (κ3) is 7.63. The molecule has 5 rings (SSSR count). The van der Waals surface area contributed by atoms with Gasteiger partial charge in [0.15, 0.2) is 11.5 Å². The molecule has 0 aliphatic heterocycles. The number of amides is 1. The number of methoxy groups -OCH3 is 1. The van der Waals surface area contributed by atoms with E-state index in [9.17, 15) is 4.79 Å². The number of nitrogens with zero attached hydrogens (tertiary/aromatic N) is 1. The second-order valence-electron chi connectivity index (χ2n) is 11.8. The highest BCUT2D eigenvalue weighted by Gasteiger charge is 2.33. The van der Waals surface area contributed by atoms with E-state index in [2.05, 4.69) is 42.0 Å². The van der Waals surface area contributed by atoms with Gasteiger partial charge in [0.1, 0.15) is 11.6 Å². The Morgan fingerprint density at radius 3 is 2.50 bits per heavy atom. The Bertz CT molecular complexity index is 1710. The predicted octanol–water partition coefficient (Wildman–Crippen LogP) is 11.2. The average molecular weight is 735 g/mol. The number of aliphatic imine (C=N–C) groups is 1. The Kier molecular flexibility index (Phi) is 10.3. The number of hydrogen-bond acceptors (Lipinski definition) is 5. The van der Waals surface area contributed by atoms with Gasteiger partial charge in [0.2, 0.25) is 0 Å². The van der Waals surface area contributed by atoms with E-state index in [0.717, 1.165) is 36.0 Å². The molecular weight excluding hydrogens is 703 g/mol. The van der Waals surface area contributed by atoms with Gasteiger partial charge in [0.05, 0.1) is 17.1 Å². The van der Waals surface area contributed by atoms with Gasteiger partial charge in [-0.3, -0.25) is 4.79 Å². The first-order valence-corrected chi connectivity index (χ1v) is 16.9. The van der Waals surface area contributed by atoms with Crippen LogP contribution in [0.2, 0.25) is 15.1 Å². The molecule has 1 atom stereocenters. The number of fused-ring (bicyclic) bond motifs is 1. The van der Waals surface area contributed by atoms with Gasteiger partial charge in [0, 0.05) is 37.4 Å². The number of hydrogen-bond donors (Lipinski definition) is 1. The minimum Gasteiger partial charge on any atom is -0.493 e. The minimum atomic E-state index is -0.172. The number of carbonyl (C=O) groups excluding carboxylic acids is 1. The highest BCUT2D eigenvalue weighted by molar-refractivity contribution is 9.10. The van der Waals surface area contributed by atoms with E-state index in [1.54, 1.807) is 61.1 Å². The summed E-state index contributed by atoms with van der Waals surface area (Å²) in [5, 5.41) is 5.43. The van der Waals surface area contributed by atoms with Crippen LogP contribution in [0.15, 0.2) is 64.1 Å². The van der Waals surface area contributed by atoms with E-state index < -0.39 is 0 Å². The fourth-order valence-electron chi connectivity index (χ4n) is 5.24. The van der Waals surface area contributed by atoms with Crippen molar-refractivity contribution in [1.29, 1.82) is 0 Å². The molecule has 5 nitrogen and oxygen atoms in total. The van der Waals surface area contributed by atoms with Crippen molar-refractivity contribution in [2.75, 3.05) is 12.4 Å². The van der Waals surface area contributed by atoms with E-state index in [1.807, 2.05) is 18.2 Å². The summed E-state index contributed by atoms with van der Waals surface area (Å²) in [4.78, 5) is 19.8. The normalized spacial score (nSPS) is 14.9. The molecule has 44 heavy (non-hydrogen) atoms. The molecule has 0 spiro atoms. The summed E-state index contributed by atoms with van der Waals surface area (Å²) in [5.41, 5.74) is 4.18. The molecule has 1 aliphatic rings. The molecule has 1 N–H and O–H groups in total. The monoisotopic (exact) mass is 732 g/mol. The summed E-state index contributed by atoms with van der Waals surface area (Å²) < 4.78 is 12.4. The predicted molar refractivity (Wildman–Crippen MR) is 187 cm³/mol. The maximum absolute atomic E-state index is 13.7. The molecule has 0 bridgehead atoms. The Hall–Kier alpha value is -2.55. The zero-order chi connectivity index (χ0) is 31.6. The van der Waals surface area contributed by atoms with Crippen molar-refractivity contribution in [2.45, 2.75) is 46.6 Å². The van der Waals surface area contributed by atoms with Crippen molar-refractivity contribution >= 4 is 84.9 Å². The third-order valence-corrected chi connectivity index (χ3v) is 10.4. The molecule has 0 unspecified atom stereocenters. The average Bonchev–Trinajstić information content (AvgIpc) is 3.34. The lowest BCUT2D eigenvalue weighted by Gasteiger charge is -2.33. The lowest BCUT2D eigenvalue weighted by molar-refractivity contribution is 0.102. The van der Waals surface area contributed by atoms with Crippen molar-refractivity contribution in [3.8, 4) is 11.5 Å². The quantitative estimate of drug-likeness (QED) is 0.183. The van der Waals surface area contributed by atoms with Gasteiger partial charge in [-0.1, -0.05) is 61.6 Å². The first-order valence-electron chi connectivity index (χ1n) is 14.1. The molecule has 0 radical (unpaired) electrons.